The zero-order chi connectivity index (χ0) is 14.5. The van der Waals surface area contributed by atoms with Crippen LogP contribution in [0, 0.1) is 0 Å². The molecule has 0 aliphatic rings. The molecule has 106 valence electrons. The Morgan fingerprint density at radius 3 is 0.909 bits per heavy atom. The van der Waals surface area contributed by atoms with Crippen molar-refractivity contribution in [1.82, 2.24) is 0 Å². The van der Waals surface area contributed by atoms with Gasteiger partial charge in [0, 0.05) is 37.6 Å². The lowest BCUT2D eigenvalue weighted by Crippen LogP contribution is -1.72. The molecule has 0 radical (unpaired) electrons. The molecule has 0 bridgehead atoms. The summed E-state index contributed by atoms with van der Waals surface area (Å²) in [5, 5.41) is 0. The Balaban J connectivity index is 1.93. The summed E-state index contributed by atoms with van der Waals surface area (Å²) in [7, 11) is 0. The van der Waals surface area contributed by atoms with Gasteiger partial charge in [-0.1, -0.05) is 24.3 Å². The Hall–Kier alpha value is -1.46. The lowest BCUT2D eigenvalue weighted by atomic mass is 10.3. The summed E-state index contributed by atoms with van der Waals surface area (Å²) in [6.07, 6.45) is 0. The summed E-state index contributed by atoms with van der Waals surface area (Å²) in [5.41, 5.74) is 0. The van der Waals surface area contributed by atoms with Crippen molar-refractivity contribution in [2.24, 2.45) is 0 Å². The van der Waals surface area contributed by atoms with Gasteiger partial charge in [-0.05, 0) is 36.4 Å². The number of hydrogen-bond acceptors (Lipinski definition) is 4. The minimum absolute atomic E-state index is 1.37. The van der Waals surface area contributed by atoms with E-state index in [0.717, 1.165) is 0 Å². The molecule has 0 fully saturated rings. The summed E-state index contributed by atoms with van der Waals surface area (Å²) in [4.78, 5) is 0. The summed E-state index contributed by atoms with van der Waals surface area (Å²) in [5.74, 6) is 0. The SMILES string of the molecule is c1ccc2sc3cc4sc5ccccc5sc4cc3sc2c1. The molecule has 0 N–H and O–H groups in total. The first-order valence-corrected chi connectivity index (χ1v) is 10.2. The number of rotatable bonds is 0. The summed E-state index contributed by atoms with van der Waals surface area (Å²) in [6.45, 7) is 0. The second-order valence-electron chi connectivity index (χ2n) is 5.05. The van der Waals surface area contributed by atoms with Crippen molar-refractivity contribution < 1.29 is 0 Å². The van der Waals surface area contributed by atoms with Crippen LogP contribution in [0.1, 0.15) is 0 Å². The van der Waals surface area contributed by atoms with Gasteiger partial charge >= 0.3 is 0 Å². The van der Waals surface area contributed by atoms with Crippen molar-refractivity contribution in [2.45, 2.75) is 0 Å². The molecule has 0 nitrogen and oxygen atoms in total. The minimum atomic E-state index is 1.37. The fourth-order valence-corrected chi connectivity index (χ4v) is 7.26. The number of benzene rings is 3. The second kappa shape index (κ2) is 5.03. The average molecular weight is 355 g/mol. The third kappa shape index (κ3) is 2.07. The number of hydrogen-bond donors (Lipinski definition) is 0. The van der Waals surface area contributed by atoms with E-state index in [1.165, 1.54) is 37.6 Å². The molecule has 0 saturated heterocycles. The zero-order valence-electron chi connectivity index (χ0n) is 11.4. The third-order valence-electron chi connectivity index (χ3n) is 3.59. The lowest BCUT2D eigenvalue weighted by molar-refractivity contribution is 1.88. The highest BCUT2D eigenvalue weighted by molar-refractivity contribution is 7.38. The summed E-state index contributed by atoms with van der Waals surface area (Å²) < 4.78 is 11.0. The predicted octanol–water partition coefficient (Wildman–Crippen LogP) is 7.67. The van der Waals surface area contributed by atoms with Crippen LogP contribution in [0.4, 0.5) is 0 Å². The maximum Gasteiger partial charge on any atom is 0.0464 e. The second-order valence-corrected chi connectivity index (χ2v) is 9.38. The van der Waals surface area contributed by atoms with Gasteiger partial charge in [-0.15, -0.1) is 45.3 Å². The van der Waals surface area contributed by atoms with E-state index in [4.69, 9.17) is 0 Å². The normalized spacial score (nSPS) is 11.6. The van der Waals surface area contributed by atoms with Crippen LogP contribution in [0.5, 0.6) is 0 Å². The van der Waals surface area contributed by atoms with E-state index in [9.17, 15) is 0 Å². The van der Waals surface area contributed by atoms with E-state index in [1.807, 2.05) is 45.3 Å². The molecule has 3 aromatic carbocycles. The Labute approximate surface area is 143 Å². The van der Waals surface area contributed by atoms with Crippen LogP contribution in [0.25, 0.3) is 37.6 Å². The van der Waals surface area contributed by atoms with Crippen molar-refractivity contribution in [3.05, 3.63) is 60.7 Å². The Morgan fingerprint density at radius 1 is 0.364 bits per heavy atom. The van der Waals surface area contributed by atoms with Crippen LogP contribution in [0.2, 0.25) is 0 Å². The topological polar surface area (TPSA) is 0 Å². The van der Waals surface area contributed by atoms with Crippen LogP contribution in [-0.4, -0.2) is 0 Å². The molecular weight excluding hydrogens is 344 g/mol. The Bertz CT molecular complexity index is 997. The number of fused-ring (bicyclic) bond motifs is 4. The van der Waals surface area contributed by atoms with E-state index < -0.39 is 0 Å². The van der Waals surface area contributed by atoms with Gasteiger partial charge in [0.2, 0.25) is 0 Å². The van der Waals surface area contributed by atoms with Crippen LogP contribution in [-0.2, 0) is 0 Å². The summed E-state index contributed by atoms with van der Waals surface area (Å²) >= 11 is 7.57. The fourth-order valence-electron chi connectivity index (χ4n) is 2.55. The minimum Gasteiger partial charge on any atom is -0.133 e. The van der Waals surface area contributed by atoms with E-state index in [-0.39, 0.29) is 0 Å². The summed E-state index contributed by atoms with van der Waals surface area (Å²) in [6, 6.07) is 22.1. The molecule has 0 unspecified atom stereocenters. The van der Waals surface area contributed by atoms with Gasteiger partial charge < -0.3 is 0 Å². The molecule has 0 aliphatic heterocycles. The smallest absolute Gasteiger partial charge is 0.0464 e. The molecule has 2 heterocycles. The highest BCUT2D eigenvalue weighted by atomic mass is 32.1. The van der Waals surface area contributed by atoms with Crippen LogP contribution in [0.3, 0.4) is 0 Å². The Morgan fingerprint density at radius 2 is 0.636 bits per heavy atom. The highest BCUT2D eigenvalue weighted by Gasteiger charge is 2.05. The van der Waals surface area contributed by atoms with Crippen molar-refractivity contribution in [1.29, 1.82) is 0 Å². The molecule has 0 aliphatic carbocycles. The molecular formula is C18H10S4. The zero-order valence-corrected chi connectivity index (χ0v) is 14.7. The standard InChI is InChI=1S/C18H10S4/c1-2-6-12-11(5-1)19-15-9-17-18(10-16(15)20-12)22-14-8-4-3-7-13(14)21-17/h1-10H. The van der Waals surface area contributed by atoms with Gasteiger partial charge in [-0.3, -0.25) is 0 Å². The average Bonchev–Trinajstić information content (AvgIpc) is 2.56. The van der Waals surface area contributed by atoms with Crippen LogP contribution in [0.15, 0.2) is 60.7 Å². The van der Waals surface area contributed by atoms with Crippen LogP contribution < -0.4 is 0 Å². The van der Waals surface area contributed by atoms with E-state index in [1.54, 1.807) is 0 Å². The van der Waals surface area contributed by atoms with Crippen LogP contribution >= 0.6 is 45.3 Å². The van der Waals surface area contributed by atoms with E-state index in [0.29, 0.717) is 0 Å². The molecule has 0 spiro atoms. The lowest BCUT2D eigenvalue weighted by Gasteiger charge is -2.04. The monoisotopic (exact) mass is 354 g/mol. The van der Waals surface area contributed by atoms with Gasteiger partial charge in [-0.25, -0.2) is 0 Å². The molecule has 5 rings (SSSR count). The third-order valence-corrected chi connectivity index (χ3v) is 8.64. The predicted molar refractivity (Wildman–Crippen MR) is 106 cm³/mol. The maximum absolute atomic E-state index is 2.37. The highest BCUT2D eigenvalue weighted by Crippen LogP contribution is 2.39. The van der Waals surface area contributed by atoms with E-state index >= 15 is 0 Å². The molecule has 0 atom stereocenters. The van der Waals surface area contributed by atoms with Gasteiger partial charge in [0.1, 0.15) is 0 Å². The maximum atomic E-state index is 2.37. The fraction of sp³-hybridized carbons (Fsp3) is 0. The van der Waals surface area contributed by atoms with Crippen molar-refractivity contribution >= 4 is 82.9 Å². The first-order valence-electron chi connectivity index (χ1n) is 6.94. The van der Waals surface area contributed by atoms with Crippen molar-refractivity contribution in [2.75, 3.05) is 0 Å². The quantitative estimate of drug-likeness (QED) is 0.250. The molecule has 0 amide bonds. The van der Waals surface area contributed by atoms with Gasteiger partial charge in [0.05, 0.1) is 0 Å². The first kappa shape index (κ1) is 13.0. The van der Waals surface area contributed by atoms with Gasteiger partial charge in [0.15, 0.2) is 0 Å². The van der Waals surface area contributed by atoms with Gasteiger partial charge in [0.25, 0.3) is 0 Å². The molecule has 22 heavy (non-hydrogen) atoms. The molecule has 2 aromatic heterocycles. The Kier molecular flexibility index (Phi) is 2.98. The van der Waals surface area contributed by atoms with E-state index in [2.05, 4.69) is 60.7 Å². The molecule has 0 saturated carbocycles. The molecule has 4 heteroatoms. The van der Waals surface area contributed by atoms with Crippen molar-refractivity contribution in [3.8, 4) is 0 Å². The van der Waals surface area contributed by atoms with Crippen molar-refractivity contribution in [3.63, 3.8) is 0 Å². The largest absolute Gasteiger partial charge is 0.133 e. The first-order chi connectivity index (χ1) is 10.9. The molecule has 5 aromatic rings. The van der Waals surface area contributed by atoms with Gasteiger partial charge in [-0.2, -0.15) is 0 Å².